The van der Waals surface area contributed by atoms with Gasteiger partial charge >= 0.3 is 0 Å². The summed E-state index contributed by atoms with van der Waals surface area (Å²) in [6, 6.07) is 6.31. The van der Waals surface area contributed by atoms with Gasteiger partial charge in [0.05, 0.1) is 0 Å². The van der Waals surface area contributed by atoms with Gasteiger partial charge < -0.3 is 4.74 Å². The minimum absolute atomic E-state index is 0.0358. The summed E-state index contributed by atoms with van der Waals surface area (Å²) in [7, 11) is 2.00. The van der Waals surface area contributed by atoms with Gasteiger partial charge in [-0.15, -0.1) is 6.58 Å². The van der Waals surface area contributed by atoms with E-state index in [2.05, 4.69) is 18.4 Å². The number of benzene rings is 1. The van der Waals surface area contributed by atoms with E-state index >= 15 is 0 Å². The quantitative estimate of drug-likeness (QED) is 0.376. The first-order valence-corrected chi connectivity index (χ1v) is 6.90. The highest BCUT2D eigenvalue weighted by Crippen LogP contribution is 2.18. The van der Waals surface area contributed by atoms with Crippen LogP contribution in [0.2, 0.25) is 0 Å². The minimum Gasteiger partial charge on any atom is -0.475 e. The lowest BCUT2D eigenvalue weighted by Gasteiger charge is -2.27. The molecule has 19 heavy (non-hydrogen) atoms. The van der Waals surface area contributed by atoms with Gasteiger partial charge in [-0.25, -0.2) is 4.39 Å². The summed E-state index contributed by atoms with van der Waals surface area (Å²) < 4.78 is 19.1. The molecule has 1 rings (SSSR count). The number of hydrogen-bond acceptors (Lipinski definition) is 2. The molecule has 0 bridgehead atoms. The molecule has 1 atom stereocenters. The number of nitrogens with zero attached hydrogens (tertiary/aromatic N) is 1. The molecule has 0 spiro atoms. The number of rotatable bonds is 9. The largest absolute Gasteiger partial charge is 0.475 e. The van der Waals surface area contributed by atoms with E-state index in [-0.39, 0.29) is 12.0 Å². The topological polar surface area (TPSA) is 12.5 Å². The summed E-state index contributed by atoms with van der Waals surface area (Å²) in [5.74, 6) is 0.314. The smallest absolute Gasteiger partial charge is 0.152 e. The van der Waals surface area contributed by atoms with Crippen LogP contribution in [-0.4, -0.2) is 24.7 Å². The van der Waals surface area contributed by atoms with Crippen LogP contribution in [0.4, 0.5) is 4.39 Å². The zero-order valence-electron chi connectivity index (χ0n) is 11.9. The Balaban J connectivity index is 2.64. The molecule has 0 heterocycles. The molecule has 0 fully saturated rings. The zero-order valence-corrected chi connectivity index (χ0v) is 11.9. The molecule has 1 aromatic rings. The van der Waals surface area contributed by atoms with E-state index in [0.717, 1.165) is 19.4 Å². The fourth-order valence-electron chi connectivity index (χ4n) is 1.96. The highest BCUT2D eigenvalue weighted by Gasteiger charge is 2.15. The van der Waals surface area contributed by atoms with Gasteiger partial charge in [0.2, 0.25) is 0 Å². The standard InChI is InChI=1S/C16H24FNO/c1-4-6-7-11-16(18(3)12-5-2)19-15-10-8-9-14(17)13-15/h5,8-10,13,16H,2,4,6-7,11-12H2,1,3H3. The van der Waals surface area contributed by atoms with Gasteiger partial charge in [0.25, 0.3) is 0 Å². The van der Waals surface area contributed by atoms with Crippen LogP contribution in [0.25, 0.3) is 0 Å². The van der Waals surface area contributed by atoms with Crippen molar-refractivity contribution >= 4 is 0 Å². The maximum atomic E-state index is 13.2. The van der Waals surface area contributed by atoms with E-state index in [0.29, 0.717) is 5.75 Å². The average molecular weight is 265 g/mol. The fourth-order valence-corrected chi connectivity index (χ4v) is 1.96. The van der Waals surface area contributed by atoms with E-state index in [4.69, 9.17) is 4.74 Å². The molecule has 0 radical (unpaired) electrons. The second-order valence-corrected chi connectivity index (χ2v) is 4.75. The summed E-state index contributed by atoms with van der Waals surface area (Å²) in [5, 5.41) is 0. The Bertz CT molecular complexity index is 381. The summed E-state index contributed by atoms with van der Waals surface area (Å²) in [6.07, 6.45) is 6.23. The second-order valence-electron chi connectivity index (χ2n) is 4.75. The molecule has 106 valence electrons. The first-order chi connectivity index (χ1) is 9.17. The molecule has 0 aliphatic rings. The van der Waals surface area contributed by atoms with Crippen molar-refractivity contribution in [2.24, 2.45) is 0 Å². The zero-order chi connectivity index (χ0) is 14.1. The van der Waals surface area contributed by atoms with E-state index in [1.54, 1.807) is 12.1 Å². The molecule has 0 saturated carbocycles. The monoisotopic (exact) mass is 265 g/mol. The molecule has 0 aromatic heterocycles. The summed E-state index contributed by atoms with van der Waals surface area (Å²) in [4.78, 5) is 2.09. The molecule has 3 heteroatoms. The predicted molar refractivity (Wildman–Crippen MR) is 77.8 cm³/mol. The predicted octanol–water partition coefficient (Wildman–Crippen LogP) is 4.23. The Morgan fingerprint density at radius 1 is 1.42 bits per heavy atom. The number of ether oxygens (including phenoxy) is 1. The number of halogens is 1. The lowest BCUT2D eigenvalue weighted by Crippen LogP contribution is -2.36. The number of hydrogen-bond donors (Lipinski definition) is 0. The Labute approximate surface area is 115 Å². The minimum atomic E-state index is -0.267. The van der Waals surface area contributed by atoms with Gasteiger partial charge in [-0.2, -0.15) is 0 Å². The number of likely N-dealkylation sites (N-methyl/N-ethyl adjacent to an activating group) is 1. The van der Waals surface area contributed by atoms with Crippen molar-refractivity contribution in [3.63, 3.8) is 0 Å². The van der Waals surface area contributed by atoms with Gasteiger partial charge in [0, 0.05) is 12.6 Å². The van der Waals surface area contributed by atoms with Crippen LogP contribution in [-0.2, 0) is 0 Å². The van der Waals surface area contributed by atoms with Gasteiger partial charge in [-0.3, -0.25) is 4.90 Å². The van der Waals surface area contributed by atoms with Crippen LogP contribution in [0.3, 0.4) is 0 Å². The molecule has 0 saturated heterocycles. The number of unbranched alkanes of at least 4 members (excludes halogenated alkanes) is 2. The van der Waals surface area contributed by atoms with Crippen molar-refractivity contribution in [2.75, 3.05) is 13.6 Å². The maximum Gasteiger partial charge on any atom is 0.152 e. The lowest BCUT2D eigenvalue weighted by atomic mass is 10.2. The molecule has 1 aromatic carbocycles. The second kappa shape index (κ2) is 8.70. The van der Waals surface area contributed by atoms with Crippen molar-refractivity contribution in [1.82, 2.24) is 4.90 Å². The van der Waals surface area contributed by atoms with Crippen LogP contribution in [0.1, 0.15) is 32.6 Å². The maximum absolute atomic E-state index is 13.2. The van der Waals surface area contributed by atoms with Crippen molar-refractivity contribution in [2.45, 2.75) is 38.8 Å². The van der Waals surface area contributed by atoms with Gasteiger partial charge in [-0.1, -0.05) is 31.9 Å². The molecule has 1 unspecified atom stereocenters. The van der Waals surface area contributed by atoms with E-state index in [1.807, 2.05) is 13.1 Å². The van der Waals surface area contributed by atoms with Crippen molar-refractivity contribution in [3.8, 4) is 5.75 Å². The molecule has 0 amide bonds. The SMILES string of the molecule is C=CCN(C)C(CCCCC)Oc1cccc(F)c1. The van der Waals surface area contributed by atoms with Crippen molar-refractivity contribution in [1.29, 1.82) is 0 Å². The van der Waals surface area contributed by atoms with Gasteiger partial charge in [-0.05, 0) is 32.0 Å². The van der Waals surface area contributed by atoms with E-state index in [1.165, 1.54) is 25.0 Å². The van der Waals surface area contributed by atoms with Crippen molar-refractivity contribution in [3.05, 3.63) is 42.7 Å². The third-order valence-corrected chi connectivity index (χ3v) is 3.03. The lowest BCUT2D eigenvalue weighted by molar-refractivity contribution is 0.0438. The van der Waals surface area contributed by atoms with Crippen LogP contribution >= 0.6 is 0 Å². The highest BCUT2D eigenvalue weighted by molar-refractivity contribution is 5.22. The highest BCUT2D eigenvalue weighted by atomic mass is 19.1. The van der Waals surface area contributed by atoms with Crippen LogP contribution in [0, 0.1) is 5.82 Å². The third-order valence-electron chi connectivity index (χ3n) is 3.03. The normalized spacial score (nSPS) is 12.4. The Hall–Kier alpha value is -1.35. The first kappa shape index (κ1) is 15.7. The fraction of sp³-hybridized carbons (Fsp3) is 0.500. The molecule has 2 nitrogen and oxygen atoms in total. The first-order valence-electron chi connectivity index (χ1n) is 6.90. The van der Waals surface area contributed by atoms with Crippen molar-refractivity contribution < 1.29 is 9.13 Å². The Morgan fingerprint density at radius 3 is 2.84 bits per heavy atom. The molecule has 0 aliphatic heterocycles. The van der Waals surface area contributed by atoms with Crippen LogP contribution < -0.4 is 4.74 Å². The van der Waals surface area contributed by atoms with E-state index < -0.39 is 0 Å². The third kappa shape index (κ3) is 5.88. The Morgan fingerprint density at radius 2 is 2.21 bits per heavy atom. The Kier molecular flexibility index (Phi) is 7.19. The van der Waals surface area contributed by atoms with Crippen LogP contribution in [0.15, 0.2) is 36.9 Å². The van der Waals surface area contributed by atoms with Gasteiger partial charge in [0.15, 0.2) is 6.23 Å². The molecule has 0 N–H and O–H groups in total. The summed E-state index contributed by atoms with van der Waals surface area (Å²) in [6.45, 7) is 6.68. The summed E-state index contributed by atoms with van der Waals surface area (Å²) in [5.41, 5.74) is 0. The molecular weight excluding hydrogens is 241 g/mol. The average Bonchev–Trinajstić information content (AvgIpc) is 2.38. The molecule has 0 aliphatic carbocycles. The van der Waals surface area contributed by atoms with Gasteiger partial charge in [0.1, 0.15) is 11.6 Å². The molecular formula is C16H24FNO. The van der Waals surface area contributed by atoms with Crippen LogP contribution in [0.5, 0.6) is 5.75 Å². The summed E-state index contributed by atoms with van der Waals surface area (Å²) >= 11 is 0. The van der Waals surface area contributed by atoms with E-state index in [9.17, 15) is 4.39 Å².